The number of pyridine rings is 1. The Morgan fingerprint density at radius 1 is 1.04 bits per heavy atom. The molecule has 1 aromatic carbocycles. The summed E-state index contributed by atoms with van der Waals surface area (Å²) in [6, 6.07) is 14.2. The molecule has 2 aromatic rings. The minimum atomic E-state index is 0.146. The van der Waals surface area contributed by atoms with Gasteiger partial charge in [0.2, 0.25) is 5.91 Å². The van der Waals surface area contributed by atoms with Gasteiger partial charge >= 0.3 is 0 Å². The quantitative estimate of drug-likeness (QED) is 0.923. The number of rotatable bonds is 5. The van der Waals surface area contributed by atoms with Gasteiger partial charge in [0.25, 0.3) is 0 Å². The van der Waals surface area contributed by atoms with Gasteiger partial charge in [-0.2, -0.15) is 0 Å². The second-order valence-corrected chi connectivity index (χ2v) is 6.11. The Labute approximate surface area is 137 Å². The molecule has 2 heterocycles. The highest BCUT2D eigenvalue weighted by Gasteiger charge is 2.24. The van der Waals surface area contributed by atoms with Gasteiger partial charge in [-0.1, -0.05) is 30.3 Å². The molecule has 120 valence electrons. The van der Waals surface area contributed by atoms with Gasteiger partial charge in [-0.25, -0.2) is 0 Å². The normalized spacial score (nSPS) is 16.2. The number of likely N-dealkylation sites (tertiary alicyclic amines) is 1. The minimum absolute atomic E-state index is 0.146. The zero-order chi connectivity index (χ0) is 15.9. The van der Waals surface area contributed by atoms with E-state index < -0.39 is 0 Å². The van der Waals surface area contributed by atoms with Crippen molar-refractivity contribution in [2.75, 3.05) is 13.1 Å². The summed E-state index contributed by atoms with van der Waals surface area (Å²) in [5, 5.41) is 3.07. The van der Waals surface area contributed by atoms with E-state index in [0.29, 0.717) is 6.54 Å². The molecule has 23 heavy (non-hydrogen) atoms. The van der Waals surface area contributed by atoms with Crippen molar-refractivity contribution in [1.29, 1.82) is 0 Å². The van der Waals surface area contributed by atoms with Gasteiger partial charge in [0, 0.05) is 31.4 Å². The van der Waals surface area contributed by atoms with Crippen LogP contribution in [0.5, 0.6) is 0 Å². The Bertz CT molecular complexity index is 607. The Balaban J connectivity index is 1.42. The second kappa shape index (κ2) is 7.88. The van der Waals surface area contributed by atoms with Crippen LogP contribution in [0.15, 0.2) is 54.9 Å². The van der Waals surface area contributed by atoms with Crippen LogP contribution in [-0.4, -0.2) is 28.9 Å². The first-order chi connectivity index (χ1) is 11.3. The molecule has 0 saturated carbocycles. The first-order valence-corrected chi connectivity index (χ1v) is 8.24. The Morgan fingerprint density at radius 3 is 2.43 bits per heavy atom. The van der Waals surface area contributed by atoms with Gasteiger partial charge in [-0.15, -0.1) is 0 Å². The number of piperidine rings is 1. The highest BCUT2D eigenvalue weighted by Crippen LogP contribution is 2.19. The molecule has 1 N–H and O–H groups in total. The standard InChI is InChI=1S/C19H23N3O/c23-19(21-14-16-4-2-1-3-5-16)18-8-12-22(13-9-18)15-17-6-10-20-11-7-17/h1-7,10-11,18H,8-9,12-15H2,(H,21,23). The lowest BCUT2D eigenvalue weighted by molar-refractivity contribution is -0.126. The van der Waals surface area contributed by atoms with Gasteiger partial charge in [-0.3, -0.25) is 14.7 Å². The summed E-state index contributed by atoms with van der Waals surface area (Å²) in [4.78, 5) is 18.8. The number of benzene rings is 1. The fourth-order valence-electron chi connectivity index (χ4n) is 3.03. The number of nitrogens with zero attached hydrogens (tertiary/aromatic N) is 2. The first-order valence-electron chi connectivity index (χ1n) is 8.24. The van der Waals surface area contributed by atoms with E-state index >= 15 is 0 Å². The van der Waals surface area contributed by atoms with E-state index in [1.54, 1.807) is 0 Å². The van der Waals surface area contributed by atoms with Crippen LogP contribution in [-0.2, 0) is 17.9 Å². The van der Waals surface area contributed by atoms with Crippen LogP contribution in [0.2, 0.25) is 0 Å². The number of hydrogen-bond donors (Lipinski definition) is 1. The minimum Gasteiger partial charge on any atom is -0.352 e. The molecule has 1 fully saturated rings. The van der Waals surface area contributed by atoms with Crippen molar-refractivity contribution in [3.05, 3.63) is 66.0 Å². The molecule has 1 aromatic heterocycles. The highest BCUT2D eigenvalue weighted by atomic mass is 16.1. The van der Waals surface area contributed by atoms with E-state index in [2.05, 4.69) is 27.3 Å². The molecule has 4 heteroatoms. The molecule has 0 bridgehead atoms. The van der Waals surface area contributed by atoms with Crippen molar-refractivity contribution >= 4 is 5.91 Å². The number of carbonyl (C=O) groups excluding carboxylic acids is 1. The zero-order valence-corrected chi connectivity index (χ0v) is 13.3. The lowest BCUT2D eigenvalue weighted by Gasteiger charge is -2.31. The third kappa shape index (κ3) is 4.63. The van der Waals surface area contributed by atoms with Gasteiger partial charge in [0.1, 0.15) is 0 Å². The summed E-state index contributed by atoms with van der Waals surface area (Å²) in [7, 11) is 0. The Morgan fingerprint density at radius 2 is 1.74 bits per heavy atom. The maximum absolute atomic E-state index is 12.3. The van der Waals surface area contributed by atoms with Crippen molar-refractivity contribution in [3.8, 4) is 0 Å². The SMILES string of the molecule is O=C(NCc1ccccc1)C1CCN(Cc2ccncc2)CC1. The molecule has 4 nitrogen and oxygen atoms in total. The zero-order valence-electron chi connectivity index (χ0n) is 13.3. The second-order valence-electron chi connectivity index (χ2n) is 6.11. The van der Waals surface area contributed by atoms with E-state index in [1.807, 2.05) is 42.7 Å². The largest absolute Gasteiger partial charge is 0.352 e. The molecule has 1 amide bonds. The molecule has 0 aliphatic carbocycles. The maximum atomic E-state index is 12.3. The highest BCUT2D eigenvalue weighted by molar-refractivity contribution is 5.78. The van der Waals surface area contributed by atoms with Crippen molar-refractivity contribution < 1.29 is 4.79 Å². The van der Waals surface area contributed by atoms with E-state index in [9.17, 15) is 4.79 Å². The van der Waals surface area contributed by atoms with Gasteiger partial charge in [-0.05, 0) is 49.2 Å². The van der Waals surface area contributed by atoms with Crippen LogP contribution in [0.1, 0.15) is 24.0 Å². The van der Waals surface area contributed by atoms with E-state index in [4.69, 9.17) is 0 Å². The van der Waals surface area contributed by atoms with Crippen LogP contribution >= 0.6 is 0 Å². The molecule has 0 spiro atoms. The molecule has 1 saturated heterocycles. The van der Waals surface area contributed by atoms with E-state index in [0.717, 1.165) is 38.0 Å². The molecule has 0 unspecified atom stereocenters. The topological polar surface area (TPSA) is 45.2 Å². The van der Waals surface area contributed by atoms with Crippen LogP contribution in [0.25, 0.3) is 0 Å². The fourth-order valence-corrected chi connectivity index (χ4v) is 3.03. The Hall–Kier alpha value is -2.20. The summed E-state index contributed by atoms with van der Waals surface area (Å²) >= 11 is 0. The number of aromatic nitrogens is 1. The summed E-state index contributed by atoms with van der Waals surface area (Å²) in [6.07, 6.45) is 5.54. The van der Waals surface area contributed by atoms with Crippen molar-refractivity contribution in [2.45, 2.75) is 25.9 Å². The first kappa shape index (κ1) is 15.7. The predicted molar refractivity (Wildman–Crippen MR) is 90.5 cm³/mol. The van der Waals surface area contributed by atoms with Crippen molar-refractivity contribution in [1.82, 2.24) is 15.2 Å². The van der Waals surface area contributed by atoms with Crippen LogP contribution in [0.4, 0.5) is 0 Å². The van der Waals surface area contributed by atoms with Gasteiger partial charge in [0.05, 0.1) is 0 Å². The van der Waals surface area contributed by atoms with Crippen LogP contribution in [0, 0.1) is 5.92 Å². The Kier molecular flexibility index (Phi) is 5.37. The number of nitrogens with one attached hydrogen (secondary N) is 1. The summed E-state index contributed by atoms with van der Waals surface area (Å²) < 4.78 is 0. The summed E-state index contributed by atoms with van der Waals surface area (Å²) in [6.45, 7) is 3.52. The molecule has 1 aliphatic rings. The number of carbonyl (C=O) groups is 1. The molecular weight excluding hydrogens is 286 g/mol. The monoisotopic (exact) mass is 309 g/mol. The van der Waals surface area contributed by atoms with Gasteiger partial charge in [0.15, 0.2) is 0 Å². The smallest absolute Gasteiger partial charge is 0.223 e. The average molecular weight is 309 g/mol. The lowest BCUT2D eigenvalue weighted by Crippen LogP contribution is -2.40. The third-order valence-electron chi connectivity index (χ3n) is 4.42. The fraction of sp³-hybridized carbons (Fsp3) is 0.368. The molecule has 0 atom stereocenters. The van der Waals surface area contributed by atoms with E-state index in [-0.39, 0.29) is 11.8 Å². The van der Waals surface area contributed by atoms with Crippen LogP contribution in [0.3, 0.4) is 0 Å². The van der Waals surface area contributed by atoms with E-state index in [1.165, 1.54) is 5.56 Å². The van der Waals surface area contributed by atoms with Crippen molar-refractivity contribution in [2.24, 2.45) is 5.92 Å². The third-order valence-corrected chi connectivity index (χ3v) is 4.42. The maximum Gasteiger partial charge on any atom is 0.223 e. The van der Waals surface area contributed by atoms with Gasteiger partial charge < -0.3 is 5.32 Å². The summed E-state index contributed by atoms with van der Waals surface area (Å²) in [5.74, 6) is 0.338. The molecule has 1 aliphatic heterocycles. The molecular formula is C19H23N3O. The molecule has 3 rings (SSSR count). The van der Waals surface area contributed by atoms with Crippen molar-refractivity contribution in [3.63, 3.8) is 0 Å². The lowest BCUT2D eigenvalue weighted by atomic mass is 9.95. The predicted octanol–water partition coefficient (Wildman–Crippen LogP) is 2.61. The number of hydrogen-bond acceptors (Lipinski definition) is 3. The summed E-state index contributed by atoms with van der Waals surface area (Å²) in [5.41, 5.74) is 2.43. The molecule has 0 radical (unpaired) electrons. The van der Waals surface area contributed by atoms with Crippen LogP contribution < -0.4 is 5.32 Å². The average Bonchev–Trinajstić information content (AvgIpc) is 2.62. The number of amides is 1.